The minimum atomic E-state index is -0.215. The van der Waals surface area contributed by atoms with E-state index in [2.05, 4.69) is 17.2 Å². The number of aromatic nitrogens is 1. The van der Waals surface area contributed by atoms with E-state index in [4.69, 9.17) is 14.2 Å². The number of rotatable bonds is 7. The lowest BCUT2D eigenvalue weighted by Gasteiger charge is -2.07. The Balaban J connectivity index is 1.45. The standard InChI is InChI=1S/C20H20N2O4S/c1-2-3-4-8-24-14-7-5-6-13(9-14)19(23)22-20-21-15-10-16-17(26-12-25-16)11-18(15)27-20/h5-7,9-11H,2-4,8,12H2,1H3,(H,21,22,23). The molecule has 0 saturated carbocycles. The molecule has 1 aromatic heterocycles. The molecule has 2 aromatic carbocycles. The molecule has 4 rings (SSSR count). The molecule has 1 amide bonds. The third-order valence-corrected chi connectivity index (χ3v) is 5.15. The van der Waals surface area contributed by atoms with Gasteiger partial charge in [0.1, 0.15) is 5.75 Å². The zero-order chi connectivity index (χ0) is 18.6. The van der Waals surface area contributed by atoms with Crippen LogP contribution >= 0.6 is 11.3 Å². The molecule has 0 saturated heterocycles. The van der Waals surface area contributed by atoms with Crippen molar-refractivity contribution >= 4 is 32.6 Å². The van der Waals surface area contributed by atoms with Crippen LogP contribution in [0.25, 0.3) is 10.2 Å². The molecular weight excluding hydrogens is 364 g/mol. The summed E-state index contributed by atoms with van der Waals surface area (Å²) in [5, 5.41) is 3.39. The summed E-state index contributed by atoms with van der Waals surface area (Å²) in [4.78, 5) is 17.0. The summed E-state index contributed by atoms with van der Waals surface area (Å²) in [6.07, 6.45) is 3.29. The number of hydrogen-bond donors (Lipinski definition) is 1. The van der Waals surface area contributed by atoms with Gasteiger partial charge in [-0.15, -0.1) is 0 Å². The van der Waals surface area contributed by atoms with E-state index in [1.165, 1.54) is 11.3 Å². The van der Waals surface area contributed by atoms with Gasteiger partial charge in [0.15, 0.2) is 16.6 Å². The quantitative estimate of drug-likeness (QED) is 0.590. The van der Waals surface area contributed by atoms with Gasteiger partial charge in [-0.1, -0.05) is 37.2 Å². The minimum Gasteiger partial charge on any atom is -0.494 e. The lowest BCUT2D eigenvalue weighted by molar-refractivity contribution is 0.102. The summed E-state index contributed by atoms with van der Waals surface area (Å²) in [7, 11) is 0. The number of nitrogens with one attached hydrogen (secondary N) is 1. The first-order valence-corrected chi connectivity index (χ1v) is 9.79. The van der Waals surface area contributed by atoms with E-state index in [1.54, 1.807) is 12.1 Å². The zero-order valence-corrected chi connectivity index (χ0v) is 15.8. The van der Waals surface area contributed by atoms with Gasteiger partial charge in [0.25, 0.3) is 5.91 Å². The highest BCUT2D eigenvalue weighted by atomic mass is 32.1. The van der Waals surface area contributed by atoms with Crippen LogP contribution in [-0.4, -0.2) is 24.3 Å². The Morgan fingerprint density at radius 1 is 1.22 bits per heavy atom. The molecule has 140 valence electrons. The van der Waals surface area contributed by atoms with Crippen molar-refractivity contribution in [2.75, 3.05) is 18.7 Å². The zero-order valence-electron chi connectivity index (χ0n) is 15.0. The molecule has 6 nitrogen and oxygen atoms in total. The number of unbranched alkanes of at least 4 members (excludes halogenated alkanes) is 2. The van der Waals surface area contributed by atoms with Crippen LogP contribution in [0.5, 0.6) is 17.2 Å². The second kappa shape index (κ2) is 7.84. The molecule has 0 fully saturated rings. The summed E-state index contributed by atoms with van der Waals surface area (Å²) < 4.78 is 17.4. The smallest absolute Gasteiger partial charge is 0.257 e. The molecule has 2 heterocycles. The predicted molar refractivity (Wildman–Crippen MR) is 105 cm³/mol. The van der Waals surface area contributed by atoms with Gasteiger partial charge < -0.3 is 14.2 Å². The Morgan fingerprint density at radius 2 is 2.07 bits per heavy atom. The fraction of sp³-hybridized carbons (Fsp3) is 0.300. The van der Waals surface area contributed by atoms with Crippen molar-refractivity contribution in [2.45, 2.75) is 26.2 Å². The van der Waals surface area contributed by atoms with E-state index < -0.39 is 0 Å². The molecule has 1 N–H and O–H groups in total. The molecule has 1 aliphatic heterocycles. The van der Waals surface area contributed by atoms with Crippen LogP contribution in [0.1, 0.15) is 36.5 Å². The average molecular weight is 384 g/mol. The number of benzene rings is 2. The average Bonchev–Trinajstić information content (AvgIpc) is 3.28. The number of carbonyl (C=O) groups excluding carboxylic acids is 1. The summed E-state index contributed by atoms with van der Waals surface area (Å²) in [6.45, 7) is 3.04. The van der Waals surface area contributed by atoms with E-state index in [1.807, 2.05) is 24.3 Å². The number of fused-ring (bicyclic) bond motifs is 2. The van der Waals surface area contributed by atoms with Gasteiger partial charge in [-0.2, -0.15) is 0 Å². The van der Waals surface area contributed by atoms with Gasteiger partial charge >= 0.3 is 0 Å². The second-order valence-corrected chi connectivity index (χ2v) is 7.26. The summed E-state index contributed by atoms with van der Waals surface area (Å²) in [5.41, 5.74) is 1.31. The molecule has 1 aliphatic rings. The van der Waals surface area contributed by atoms with Crippen LogP contribution in [0.2, 0.25) is 0 Å². The molecule has 0 aliphatic carbocycles. The first-order valence-electron chi connectivity index (χ1n) is 8.97. The van der Waals surface area contributed by atoms with Gasteiger partial charge in [0.2, 0.25) is 6.79 Å². The van der Waals surface area contributed by atoms with Crippen molar-refractivity contribution in [3.8, 4) is 17.2 Å². The molecule has 0 unspecified atom stereocenters. The molecule has 0 bridgehead atoms. The first-order chi connectivity index (χ1) is 13.2. The first kappa shape index (κ1) is 17.6. The maximum atomic E-state index is 12.6. The van der Waals surface area contributed by atoms with Crippen LogP contribution < -0.4 is 19.5 Å². The number of amides is 1. The van der Waals surface area contributed by atoms with Gasteiger partial charge in [0, 0.05) is 17.7 Å². The number of ether oxygens (including phenoxy) is 3. The normalized spacial score (nSPS) is 12.3. The number of thiazole rings is 1. The highest BCUT2D eigenvalue weighted by molar-refractivity contribution is 7.22. The molecular formula is C20H20N2O4S. The van der Waals surface area contributed by atoms with E-state index in [9.17, 15) is 4.79 Å². The Morgan fingerprint density at radius 3 is 2.93 bits per heavy atom. The number of carbonyl (C=O) groups is 1. The number of anilines is 1. The van der Waals surface area contributed by atoms with Gasteiger partial charge in [-0.25, -0.2) is 4.98 Å². The maximum Gasteiger partial charge on any atom is 0.257 e. The van der Waals surface area contributed by atoms with Gasteiger partial charge in [0.05, 0.1) is 16.8 Å². The van der Waals surface area contributed by atoms with Crippen LogP contribution in [0.3, 0.4) is 0 Å². The molecule has 0 radical (unpaired) electrons. The molecule has 0 atom stereocenters. The fourth-order valence-electron chi connectivity index (χ4n) is 2.81. The monoisotopic (exact) mass is 384 g/mol. The Bertz CT molecular complexity index is 929. The lowest BCUT2D eigenvalue weighted by atomic mass is 10.2. The van der Waals surface area contributed by atoms with Crippen molar-refractivity contribution in [3.63, 3.8) is 0 Å². The van der Waals surface area contributed by atoms with Crippen LogP contribution in [0, 0.1) is 0 Å². The van der Waals surface area contributed by atoms with E-state index in [-0.39, 0.29) is 12.7 Å². The van der Waals surface area contributed by atoms with Crippen molar-refractivity contribution < 1.29 is 19.0 Å². The minimum absolute atomic E-state index is 0.215. The summed E-state index contributed by atoms with van der Waals surface area (Å²) in [6, 6.07) is 10.9. The number of hydrogen-bond acceptors (Lipinski definition) is 6. The summed E-state index contributed by atoms with van der Waals surface area (Å²) in [5.74, 6) is 1.87. The lowest BCUT2D eigenvalue weighted by Crippen LogP contribution is -2.11. The third kappa shape index (κ3) is 3.98. The number of nitrogens with zero attached hydrogens (tertiary/aromatic N) is 1. The molecule has 7 heteroatoms. The fourth-order valence-corrected chi connectivity index (χ4v) is 3.68. The maximum absolute atomic E-state index is 12.6. The van der Waals surface area contributed by atoms with Crippen LogP contribution in [0.4, 0.5) is 5.13 Å². The van der Waals surface area contributed by atoms with Gasteiger partial charge in [-0.05, 0) is 24.6 Å². The molecule has 27 heavy (non-hydrogen) atoms. The van der Waals surface area contributed by atoms with Crippen molar-refractivity contribution in [2.24, 2.45) is 0 Å². The van der Waals surface area contributed by atoms with Gasteiger partial charge in [-0.3, -0.25) is 10.1 Å². The Hall–Kier alpha value is -2.80. The second-order valence-electron chi connectivity index (χ2n) is 6.23. The highest BCUT2D eigenvalue weighted by Crippen LogP contribution is 2.39. The van der Waals surface area contributed by atoms with Crippen LogP contribution in [-0.2, 0) is 0 Å². The van der Waals surface area contributed by atoms with E-state index in [0.717, 1.165) is 29.5 Å². The Labute approximate surface area is 161 Å². The van der Waals surface area contributed by atoms with Crippen molar-refractivity contribution in [3.05, 3.63) is 42.0 Å². The van der Waals surface area contributed by atoms with E-state index >= 15 is 0 Å². The van der Waals surface area contributed by atoms with E-state index in [0.29, 0.717) is 34.6 Å². The topological polar surface area (TPSA) is 69.7 Å². The predicted octanol–water partition coefficient (Wildman–Crippen LogP) is 4.85. The summed E-state index contributed by atoms with van der Waals surface area (Å²) >= 11 is 1.40. The Kier molecular flexibility index (Phi) is 5.11. The third-order valence-electron chi connectivity index (χ3n) is 4.22. The highest BCUT2D eigenvalue weighted by Gasteiger charge is 2.17. The van der Waals surface area contributed by atoms with Crippen molar-refractivity contribution in [1.82, 2.24) is 4.98 Å². The SMILES string of the molecule is CCCCCOc1cccc(C(=O)Nc2nc3cc4c(cc3s2)OCO4)c1. The molecule has 3 aromatic rings. The molecule has 0 spiro atoms. The largest absolute Gasteiger partial charge is 0.494 e. The van der Waals surface area contributed by atoms with Crippen molar-refractivity contribution in [1.29, 1.82) is 0 Å². The van der Waals surface area contributed by atoms with Crippen LogP contribution in [0.15, 0.2) is 36.4 Å².